The minimum Gasteiger partial charge on any atom is -0.377 e. The van der Waals surface area contributed by atoms with Gasteiger partial charge in [0.15, 0.2) is 0 Å². The first-order valence-corrected chi connectivity index (χ1v) is 8.79. The van der Waals surface area contributed by atoms with E-state index in [0.717, 1.165) is 37.1 Å². The molecule has 0 unspecified atom stereocenters. The van der Waals surface area contributed by atoms with Gasteiger partial charge in [0.1, 0.15) is 0 Å². The number of halogens is 1. The summed E-state index contributed by atoms with van der Waals surface area (Å²) < 4.78 is 6.73. The van der Waals surface area contributed by atoms with Crippen LogP contribution in [0, 0.1) is 0 Å². The van der Waals surface area contributed by atoms with Crippen LogP contribution in [-0.4, -0.2) is 55.2 Å². The van der Waals surface area contributed by atoms with Crippen molar-refractivity contribution in [3.8, 4) is 0 Å². The van der Waals surface area contributed by atoms with Crippen LogP contribution in [0.4, 0.5) is 0 Å². The predicted octanol–water partition coefficient (Wildman–Crippen LogP) is 3.09. The summed E-state index contributed by atoms with van der Waals surface area (Å²) in [6, 6.07) is 4.15. The molecule has 1 atom stereocenters. The normalized spacial score (nSPS) is 25.9. The maximum atomic E-state index is 5.99. The highest BCUT2D eigenvalue weighted by atomic mass is 35.5. The topological polar surface area (TPSA) is 15.7 Å². The minimum absolute atomic E-state index is 0.478. The fraction of sp³-hybridized carbons (Fsp3) is 0.733. The lowest BCUT2D eigenvalue weighted by molar-refractivity contribution is -0.0145. The summed E-state index contributed by atoms with van der Waals surface area (Å²) in [4.78, 5) is 6.47. The van der Waals surface area contributed by atoms with Crippen LogP contribution in [0.5, 0.6) is 0 Å². The highest BCUT2D eigenvalue weighted by Gasteiger charge is 2.22. The number of hydrogen-bond donors (Lipinski definition) is 0. The molecule has 1 aromatic heterocycles. The van der Waals surface area contributed by atoms with Gasteiger partial charge in [0.2, 0.25) is 0 Å². The van der Waals surface area contributed by atoms with Crippen LogP contribution in [0.25, 0.3) is 0 Å². The van der Waals surface area contributed by atoms with Crippen molar-refractivity contribution in [3.63, 3.8) is 0 Å². The number of nitrogens with zero attached hydrogens (tertiary/aromatic N) is 2. The van der Waals surface area contributed by atoms with Crippen molar-refractivity contribution in [1.29, 1.82) is 0 Å². The fourth-order valence-corrected chi connectivity index (χ4v) is 4.16. The van der Waals surface area contributed by atoms with Gasteiger partial charge in [-0.05, 0) is 31.4 Å². The van der Waals surface area contributed by atoms with Gasteiger partial charge in [-0.25, -0.2) is 0 Å². The van der Waals surface area contributed by atoms with Crippen LogP contribution < -0.4 is 0 Å². The summed E-state index contributed by atoms with van der Waals surface area (Å²) in [5.41, 5.74) is 0. The zero-order chi connectivity index (χ0) is 13.8. The van der Waals surface area contributed by atoms with Crippen molar-refractivity contribution in [2.45, 2.75) is 31.9 Å². The molecule has 3 heterocycles. The Balaban J connectivity index is 1.40. The first-order chi connectivity index (χ1) is 9.79. The first kappa shape index (κ1) is 14.8. The molecule has 5 heteroatoms. The van der Waals surface area contributed by atoms with Crippen molar-refractivity contribution in [1.82, 2.24) is 9.80 Å². The minimum atomic E-state index is 0.478. The molecule has 0 aliphatic carbocycles. The second-order valence-corrected chi connectivity index (χ2v) is 7.57. The van der Waals surface area contributed by atoms with Gasteiger partial charge in [0, 0.05) is 50.8 Å². The third-order valence-corrected chi connectivity index (χ3v) is 5.42. The average molecular weight is 315 g/mol. The summed E-state index contributed by atoms with van der Waals surface area (Å²) in [7, 11) is 0. The molecule has 1 aromatic rings. The molecule has 2 saturated heterocycles. The van der Waals surface area contributed by atoms with Crippen molar-refractivity contribution >= 4 is 22.9 Å². The number of hydrogen-bond acceptors (Lipinski definition) is 4. The smallest absolute Gasteiger partial charge is 0.0931 e. The molecule has 20 heavy (non-hydrogen) atoms. The van der Waals surface area contributed by atoms with Gasteiger partial charge in [0.05, 0.1) is 10.4 Å². The van der Waals surface area contributed by atoms with E-state index in [1.165, 1.54) is 37.2 Å². The van der Waals surface area contributed by atoms with Gasteiger partial charge < -0.3 is 4.74 Å². The Morgan fingerprint density at radius 3 is 2.60 bits per heavy atom. The maximum absolute atomic E-state index is 5.99. The van der Waals surface area contributed by atoms with Crippen LogP contribution in [0.15, 0.2) is 12.1 Å². The number of rotatable bonds is 4. The van der Waals surface area contributed by atoms with Crippen LogP contribution in [-0.2, 0) is 11.3 Å². The summed E-state index contributed by atoms with van der Waals surface area (Å²) >= 11 is 7.69. The zero-order valence-electron chi connectivity index (χ0n) is 11.9. The summed E-state index contributed by atoms with van der Waals surface area (Å²) in [6.45, 7) is 7.77. The lowest BCUT2D eigenvalue weighted by Crippen LogP contribution is -2.48. The standard InChI is InChI=1S/C15H23ClN2OS/c16-15-5-4-14(20-15)12-18-8-6-17(7-9-18)11-13-3-1-2-10-19-13/h4-5,13H,1-3,6-12H2/t13-/m1/s1. The van der Waals surface area contributed by atoms with Gasteiger partial charge in [-0.2, -0.15) is 0 Å². The van der Waals surface area contributed by atoms with E-state index in [9.17, 15) is 0 Å². The van der Waals surface area contributed by atoms with E-state index in [1.807, 2.05) is 6.07 Å². The second-order valence-electron chi connectivity index (χ2n) is 5.77. The van der Waals surface area contributed by atoms with Crippen molar-refractivity contribution < 1.29 is 4.74 Å². The molecule has 0 saturated carbocycles. The molecule has 0 bridgehead atoms. The number of piperazine rings is 1. The number of thiophene rings is 1. The van der Waals surface area contributed by atoms with E-state index in [4.69, 9.17) is 16.3 Å². The van der Waals surface area contributed by atoms with Crippen LogP contribution in [0.1, 0.15) is 24.1 Å². The van der Waals surface area contributed by atoms with Crippen LogP contribution in [0.3, 0.4) is 0 Å². The Labute approximate surface area is 130 Å². The molecule has 3 nitrogen and oxygen atoms in total. The van der Waals surface area contributed by atoms with Crippen molar-refractivity contribution in [2.75, 3.05) is 39.3 Å². The van der Waals surface area contributed by atoms with E-state index in [0.29, 0.717) is 6.10 Å². The van der Waals surface area contributed by atoms with E-state index < -0.39 is 0 Å². The second kappa shape index (κ2) is 7.23. The Morgan fingerprint density at radius 2 is 1.95 bits per heavy atom. The van der Waals surface area contributed by atoms with Gasteiger partial charge in [0.25, 0.3) is 0 Å². The third kappa shape index (κ3) is 4.18. The lowest BCUT2D eigenvalue weighted by Gasteiger charge is -2.37. The Hall–Kier alpha value is -0.130. The van der Waals surface area contributed by atoms with E-state index >= 15 is 0 Å². The SMILES string of the molecule is Clc1ccc(CN2CCN(C[C@H]3CCCCO3)CC2)s1. The van der Waals surface area contributed by atoms with Gasteiger partial charge in [-0.1, -0.05) is 11.6 Å². The molecule has 112 valence electrons. The first-order valence-electron chi connectivity index (χ1n) is 7.60. The zero-order valence-corrected chi connectivity index (χ0v) is 13.5. The lowest BCUT2D eigenvalue weighted by atomic mass is 10.1. The molecular formula is C15H23ClN2OS. The molecule has 3 rings (SSSR count). The molecule has 0 amide bonds. The Kier molecular flexibility index (Phi) is 5.35. The predicted molar refractivity (Wildman–Crippen MR) is 84.6 cm³/mol. The fourth-order valence-electron chi connectivity index (χ4n) is 3.03. The van der Waals surface area contributed by atoms with Gasteiger partial charge >= 0.3 is 0 Å². The quantitative estimate of drug-likeness (QED) is 0.849. The van der Waals surface area contributed by atoms with E-state index in [2.05, 4.69) is 15.9 Å². The molecule has 0 radical (unpaired) electrons. The molecule has 0 spiro atoms. The summed E-state index contributed by atoms with van der Waals surface area (Å²) in [5, 5.41) is 0. The van der Waals surface area contributed by atoms with Crippen LogP contribution in [0.2, 0.25) is 4.34 Å². The third-order valence-electron chi connectivity index (χ3n) is 4.21. The molecule has 2 fully saturated rings. The van der Waals surface area contributed by atoms with E-state index in [-0.39, 0.29) is 0 Å². The van der Waals surface area contributed by atoms with Gasteiger partial charge in [-0.3, -0.25) is 9.80 Å². The highest BCUT2D eigenvalue weighted by Crippen LogP contribution is 2.23. The largest absolute Gasteiger partial charge is 0.377 e. The van der Waals surface area contributed by atoms with Gasteiger partial charge in [-0.15, -0.1) is 11.3 Å². The average Bonchev–Trinajstić information content (AvgIpc) is 2.88. The molecular weight excluding hydrogens is 292 g/mol. The molecule has 2 aliphatic heterocycles. The Bertz CT molecular complexity index is 412. The van der Waals surface area contributed by atoms with Crippen molar-refractivity contribution in [3.05, 3.63) is 21.3 Å². The monoisotopic (exact) mass is 314 g/mol. The van der Waals surface area contributed by atoms with Crippen molar-refractivity contribution in [2.24, 2.45) is 0 Å². The molecule has 0 aromatic carbocycles. The highest BCUT2D eigenvalue weighted by molar-refractivity contribution is 7.16. The van der Waals surface area contributed by atoms with E-state index in [1.54, 1.807) is 11.3 Å². The maximum Gasteiger partial charge on any atom is 0.0931 e. The Morgan fingerprint density at radius 1 is 1.15 bits per heavy atom. The summed E-state index contributed by atoms with van der Waals surface area (Å²) in [5.74, 6) is 0. The molecule has 2 aliphatic rings. The molecule has 0 N–H and O–H groups in total. The van der Waals surface area contributed by atoms with Crippen LogP contribution >= 0.6 is 22.9 Å². The number of ether oxygens (including phenoxy) is 1. The summed E-state index contributed by atoms with van der Waals surface area (Å²) in [6.07, 6.45) is 4.30.